The maximum atomic E-state index is 10.4. The molecule has 0 spiro atoms. The molecule has 0 heterocycles. The van der Waals surface area contributed by atoms with Crippen molar-refractivity contribution < 1.29 is 36.3 Å². The second kappa shape index (κ2) is 17.5. The Bertz CT molecular complexity index is 255. The molecule has 0 aliphatic rings. The molecule has 0 aliphatic heterocycles. The van der Waals surface area contributed by atoms with E-state index in [1.807, 2.05) is 6.92 Å². The number of aliphatic carboxylic acids is 2. The second-order valence-corrected chi connectivity index (χ2v) is 5.62. The molecule has 0 fully saturated rings. The van der Waals surface area contributed by atoms with Crippen molar-refractivity contribution in [3.8, 4) is 0 Å². The second-order valence-electron chi connectivity index (χ2n) is 5.62. The van der Waals surface area contributed by atoms with Gasteiger partial charge in [-0.05, 0) is 25.2 Å². The van der Waals surface area contributed by atoms with Gasteiger partial charge in [0.25, 0.3) is 0 Å². The van der Waals surface area contributed by atoms with E-state index in [0.29, 0.717) is 12.3 Å². The Hall–Kier alpha value is -0.566. The summed E-state index contributed by atoms with van der Waals surface area (Å²) in [6, 6.07) is 0. The van der Waals surface area contributed by atoms with Gasteiger partial charge in [-0.15, -0.1) is 0 Å². The van der Waals surface area contributed by atoms with Crippen LogP contribution in [0, 0.1) is 11.8 Å². The van der Waals surface area contributed by atoms with Crippen molar-refractivity contribution in [2.24, 2.45) is 11.8 Å². The van der Waals surface area contributed by atoms with Crippen LogP contribution < -0.4 is 0 Å². The molecule has 130 valence electrons. The van der Waals surface area contributed by atoms with Gasteiger partial charge in [-0.1, -0.05) is 53.4 Å². The smallest absolute Gasteiger partial charge is 0.306 e. The van der Waals surface area contributed by atoms with Crippen molar-refractivity contribution in [3.05, 3.63) is 0 Å². The SMILES string of the molecule is CC(C)CCCCC(=O)O.CCCCC(CC)C(=O)O.[Ni]. The third-order valence-electron chi connectivity index (χ3n) is 3.17. The number of carbonyl (C=O) groups is 2. The van der Waals surface area contributed by atoms with Crippen molar-refractivity contribution in [1.82, 2.24) is 0 Å². The average Bonchev–Trinajstić information content (AvgIpc) is 2.35. The number of carboxylic acid groups (broad SMARTS) is 2. The molecule has 0 aromatic carbocycles. The molecule has 0 bridgehead atoms. The van der Waals surface area contributed by atoms with Crippen LogP contribution in [-0.4, -0.2) is 22.2 Å². The molecule has 0 saturated heterocycles. The molecule has 5 heteroatoms. The van der Waals surface area contributed by atoms with Crippen LogP contribution in [0.5, 0.6) is 0 Å². The Labute approximate surface area is 139 Å². The van der Waals surface area contributed by atoms with Gasteiger partial charge in [0.1, 0.15) is 0 Å². The first-order valence-corrected chi connectivity index (χ1v) is 7.79. The Morgan fingerprint density at radius 1 is 0.952 bits per heavy atom. The van der Waals surface area contributed by atoms with Crippen LogP contribution in [-0.2, 0) is 26.1 Å². The summed E-state index contributed by atoms with van der Waals surface area (Å²) in [5, 5.41) is 16.9. The molecule has 21 heavy (non-hydrogen) atoms. The zero-order valence-corrected chi connectivity index (χ0v) is 14.8. The monoisotopic (exact) mass is 346 g/mol. The summed E-state index contributed by atoms with van der Waals surface area (Å²) in [5.41, 5.74) is 0. The van der Waals surface area contributed by atoms with Crippen LogP contribution in [0.25, 0.3) is 0 Å². The minimum absolute atomic E-state index is 0. The van der Waals surface area contributed by atoms with Gasteiger partial charge in [-0.2, -0.15) is 0 Å². The van der Waals surface area contributed by atoms with E-state index in [9.17, 15) is 9.59 Å². The van der Waals surface area contributed by atoms with E-state index in [-0.39, 0.29) is 22.4 Å². The number of unbranched alkanes of at least 4 members (excludes halogenated alkanes) is 2. The molecule has 2 N–H and O–H groups in total. The molecule has 0 radical (unpaired) electrons. The minimum atomic E-state index is -0.677. The van der Waals surface area contributed by atoms with Crippen molar-refractivity contribution in [2.75, 3.05) is 0 Å². The summed E-state index contributed by atoms with van der Waals surface area (Å²) >= 11 is 0. The van der Waals surface area contributed by atoms with Gasteiger partial charge in [0.15, 0.2) is 0 Å². The summed E-state index contributed by atoms with van der Waals surface area (Å²) in [5.74, 6) is -0.728. The predicted molar refractivity (Wildman–Crippen MR) is 81.9 cm³/mol. The van der Waals surface area contributed by atoms with E-state index >= 15 is 0 Å². The van der Waals surface area contributed by atoms with Crippen LogP contribution in [0.3, 0.4) is 0 Å². The number of hydrogen-bond acceptors (Lipinski definition) is 2. The average molecular weight is 347 g/mol. The molecule has 1 unspecified atom stereocenters. The summed E-state index contributed by atoms with van der Waals surface area (Å²) in [6.07, 6.45) is 7.06. The van der Waals surface area contributed by atoms with E-state index in [4.69, 9.17) is 10.2 Å². The van der Waals surface area contributed by atoms with Crippen molar-refractivity contribution >= 4 is 11.9 Å². The maximum Gasteiger partial charge on any atom is 0.306 e. The molecule has 0 aromatic rings. The fourth-order valence-electron chi connectivity index (χ4n) is 1.78. The fraction of sp³-hybridized carbons (Fsp3) is 0.875. The van der Waals surface area contributed by atoms with Crippen LogP contribution in [0.4, 0.5) is 0 Å². The van der Waals surface area contributed by atoms with Crippen molar-refractivity contribution in [3.63, 3.8) is 0 Å². The first-order valence-electron chi connectivity index (χ1n) is 7.79. The van der Waals surface area contributed by atoms with E-state index in [1.54, 1.807) is 0 Å². The van der Waals surface area contributed by atoms with Gasteiger partial charge in [0.05, 0.1) is 5.92 Å². The minimum Gasteiger partial charge on any atom is -0.481 e. The topological polar surface area (TPSA) is 74.6 Å². The summed E-state index contributed by atoms with van der Waals surface area (Å²) < 4.78 is 0. The van der Waals surface area contributed by atoms with Gasteiger partial charge >= 0.3 is 11.9 Å². The molecule has 4 nitrogen and oxygen atoms in total. The summed E-state index contributed by atoms with van der Waals surface area (Å²) in [7, 11) is 0. The normalized spacial score (nSPS) is 11.1. The van der Waals surface area contributed by atoms with E-state index < -0.39 is 11.9 Å². The van der Waals surface area contributed by atoms with Gasteiger partial charge in [-0.3, -0.25) is 9.59 Å². The molecule has 0 aromatic heterocycles. The largest absolute Gasteiger partial charge is 0.481 e. The Balaban J connectivity index is -0.000000295. The van der Waals surface area contributed by atoms with Gasteiger partial charge in [-0.25, -0.2) is 0 Å². The molecule has 1 atom stereocenters. The molecule has 0 rings (SSSR count). The number of hydrogen-bond donors (Lipinski definition) is 2. The Kier molecular flexibility index (Phi) is 21.1. The summed E-state index contributed by atoms with van der Waals surface area (Å²) in [4.78, 5) is 20.5. The zero-order chi connectivity index (χ0) is 16.0. The summed E-state index contributed by atoms with van der Waals surface area (Å²) in [6.45, 7) is 8.31. The van der Waals surface area contributed by atoms with Crippen LogP contribution in [0.2, 0.25) is 0 Å². The standard InChI is InChI=1S/2C8H16O2.Ni/c1-7(2)5-3-4-6-8(9)10;1-3-5-6-7(4-2)8(9)10;/h2*7H,3-6H2,1-2H3,(H,9,10);. The van der Waals surface area contributed by atoms with Crippen LogP contribution in [0.15, 0.2) is 0 Å². The number of rotatable bonds is 10. The van der Waals surface area contributed by atoms with Gasteiger partial charge < -0.3 is 10.2 Å². The Morgan fingerprint density at radius 2 is 1.52 bits per heavy atom. The predicted octanol–water partition coefficient (Wildman–Crippen LogP) is 4.57. The third kappa shape index (κ3) is 21.9. The maximum absolute atomic E-state index is 10.4. The quantitative estimate of drug-likeness (QED) is 0.448. The fourth-order valence-corrected chi connectivity index (χ4v) is 1.78. The molecule has 0 amide bonds. The van der Waals surface area contributed by atoms with Gasteiger partial charge in [0.2, 0.25) is 0 Å². The first kappa shape index (κ1) is 25.4. The van der Waals surface area contributed by atoms with E-state index in [0.717, 1.165) is 44.9 Å². The van der Waals surface area contributed by atoms with Crippen molar-refractivity contribution in [1.29, 1.82) is 0 Å². The van der Waals surface area contributed by atoms with E-state index in [2.05, 4.69) is 20.8 Å². The third-order valence-corrected chi connectivity index (χ3v) is 3.17. The van der Waals surface area contributed by atoms with Crippen molar-refractivity contribution in [2.45, 2.75) is 79.1 Å². The molecular weight excluding hydrogens is 315 g/mol. The van der Waals surface area contributed by atoms with Crippen LogP contribution in [0.1, 0.15) is 79.1 Å². The zero-order valence-electron chi connectivity index (χ0n) is 13.8. The Morgan fingerprint density at radius 3 is 1.86 bits per heavy atom. The first-order chi connectivity index (χ1) is 9.34. The molecule has 0 saturated carbocycles. The van der Waals surface area contributed by atoms with Gasteiger partial charge in [0, 0.05) is 22.9 Å². The number of carboxylic acids is 2. The molecule has 0 aliphatic carbocycles. The van der Waals surface area contributed by atoms with E-state index in [1.165, 1.54) is 0 Å². The van der Waals surface area contributed by atoms with Crippen LogP contribution >= 0.6 is 0 Å². The molecular formula is C16H32NiO4.